The zero-order valence-electron chi connectivity index (χ0n) is 17.5. The van der Waals surface area contributed by atoms with Crippen molar-refractivity contribution in [1.29, 1.82) is 0 Å². The zero-order chi connectivity index (χ0) is 21.7. The third-order valence-electron chi connectivity index (χ3n) is 4.53. The van der Waals surface area contributed by atoms with Gasteiger partial charge in [-0.3, -0.25) is 0 Å². The lowest BCUT2D eigenvalue weighted by Gasteiger charge is -2.15. The molecular formula is C23H25ClN4O2. The normalized spacial score (nSPS) is 11.6. The standard InChI is InChI=1S/C23H25ClN4O2/c1-14-11-21(26-13-16-5-8-18(24)9-6-16)28-23(27-14)22(15(2)25)17-7-10-19(29-3)20(12-17)30-4/h5-12H,13,25H2,1-4H3,(H,26,27,28). The average Bonchev–Trinajstić information content (AvgIpc) is 2.72. The summed E-state index contributed by atoms with van der Waals surface area (Å²) in [6.45, 7) is 4.37. The molecule has 3 rings (SSSR count). The minimum atomic E-state index is 0.542. The van der Waals surface area contributed by atoms with Crippen molar-refractivity contribution >= 4 is 23.0 Å². The minimum absolute atomic E-state index is 0.542. The largest absolute Gasteiger partial charge is 0.493 e. The molecule has 30 heavy (non-hydrogen) atoms. The number of nitrogens with zero attached hydrogens (tertiary/aromatic N) is 2. The lowest BCUT2D eigenvalue weighted by atomic mass is 10.0. The van der Waals surface area contributed by atoms with Crippen molar-refractivity contribution in [2.24, 2.45) is 5.73 Å². The summed E-state index contributed by atoms with van der Waals surface area (Å²) in [5.41, 5.74) is 10.4. The van der Waals surface area contributed by atoms with E-state index >= 15 is 0 Å². The van der Waals surface area contributed by atoms with Crippen LogP contribution in [0.3, 0.4) is 0 Å². The molecule has 0 saturated carbocycles. The van der Waals surface area contributed by atoms with Crippen LogP contribution in [-0.4, -0.2) is 24.2 Å². The van der Waals surface area contributed by atoms with Crippen LogP contribution < -0.4 is 20.5 Å². The van der Waals surface area contributed by atoms with E-state index < -0.39 is 0 Å². The van der Waals surface area contributed by atoms with Crippen molar-refractivity contribution in [2.45, 2.75) is 20.4 Å². The number of benzene rings is 2. The Morgan fingerprint density at radius 3 is 2.33 bits per heavy atom. The molecule has 3 N–H and O–H groups in total. The molecule has 7 heteroatoms. The van der Waals surface area contributed by atoms with E-state index in [4.69, 9.17) is 31.8 Å². The molecule has 6 nitrogen and oxygen atoms in total. The number of ether oxygens (including phenoxy) is 2. The van der Waals surface area contributed by atoms with E-state index in [0.717, 1.165) is 22.4 Å². The fourth-order valence-electron chi connectivity index (χ4n) is 3.09. The van der Waals surface area contributed by atoms with Gasteiger partial charge in [0.15, 0.2) is 17.3 Å². The molecular weight excluding hydrogens is 400 g/mol. The highest BCUT2D eigenvalue weighted by Gasteiger charge is 2.15. The molecule has 0 saturated heterocycles. The summed E-state index contributed by atoms with van der Waals surface area (Å²) in [5.74, 6) is 2.51. The number of allylic oxidation sites excluding steroid dienone is 1. The predicted molar refractivity (Wildman–Crippen MR) is 121 cm³/mol. The Labute approximate surface area is 181 Å². The molecule has 0 fully saturated rings. The van der Waals surface area contributed by atoms with Crippen LogP contribution in [0.2, 0.25) is 5.02 Å². The number of hydrogen-bond donors (Lipinski definition) is 2. The van der Waals surface area contributed by atoms with Crippen molar-refractivity contribution in [3.8, 4) is 11.5 Å². The van der Waals surface area contributed by atoms with Gasteiger partial charge < -0.3 is 20.5 Å². The predicted octanol–water partition coefficient (Wildman–Crippen LogP) is 4.81. The molecule has 0 spiro atoms. The highest BCUT2D eigenvalue weighted by atomic mass is 35.5. The Morgan fingerprint density at radius 1 is 1.00 bits per heavy atom. The summed E-state index contributed by atoms with van der Waals surface area (Å²) < 4.78 is 10.8. The van der Waals surface area contributed by atoms with Crippen molar-refractivity contribution in [2.75, 3.05) is 19.5 Å². The number of hydrogen-bond acceptors (Lipinski definition) is 6. The molecule has 0 aliphatic heterocycles. The summed E-state index contributed by atoms with van der Waals surface area (Å²) in [6, 6.07) is 15.2. The van der Waals surface area contributed by atoms with Gasteiger partial charge in [-0.2, -0.15) is 0 Å². The van der Waals surface area contributed by atoms with Crippen LogP contribution in [0.15, 0.2) is 54.2 Å². The van der Waals surface area contributed by atoms with Gasteiger partial charge in [0.1, 0.15) is 5.82 Å². The number of rotatable bonds is 7. The first-order chi connectivity index (χ1) is 14.4. The van der Waals surface area contributed by atoms with Crippen LogP contribution >= 0.6 is 11.6 Å². The summed E-state index contributed by atoms with van der Waals surface area (Å²) in [6.07, 6.45) is 0. The van der Waals surface area contributed by atoms with Crippen LogP contribution in [0.25, 0.3) is 5.57 Å². The van der Waals surface area contributed by atoms with E-state index in [0.29, 0.717) is 40.4 Å². The number of methoxy groups -OCH3 is 2. The second kappa shape index (κ2) is 9.50. The van der Waals surface area contributed by atoms with Gasteiger partial charge in [0, 0.05) is 34.6 Å². The van der Waals surface area contributed by atoms with Gasteiger partial charge >= 0.3 is 0 Å². The molecule has 0 aliphatic rings. The lowest BCUT2D eigenvalue weighted by molar-refractivity contribution is 0.355. The third kappa shape index (κ3) is 5.02. The van der Waals surface area contributed by atoms with Gasteiger partial charge in [-0.1, -0.05) is 29.8 Å². The first kappa shape index (κ1) is 21.5. The number of nitrogens with two attached hydrogens (primary N) is 1. The SMILES string of the molecule is COc1ccc(C(=C(C)N)c2nc(C)cc(NCc3ccc(Cl)cc3)n2)cc1OC. The van der Waals surface area contributed by atoms with E-state index in [-0.39, 0.29) is 0 Å². The second-order valence-electron chi connectivity index (χ2n) is 6.83. The maximum Gasteiger partial charge on any atom is 0.164 e. The van der Waals surface area contributed by atoms with Gasteiger partial charge in [-0.15, -0.1) is 0 Å². The maximum atomic E-state index is 6.24. The van der Waals surface area contributed by atoms with Crippen molar-refractivity contribution in [1.82, 2.24) is 9.97 Å². The van der Waals surface area contributed by atoms with Crippen molar-refractivity contribution in [3.05, 3.63) is 81.9 Å². The molecule has 0 unspecified atom stereocenters. The smallest absolute Gasteiger partial charge is 0.164 e. The van der Waals surface area contributed by atoms with Crippen LogP contribution in [0.1, 0.15) is 29.6 Å². The Morgan fingerprint density at radius 2 is 1.70 bits per heavy atom. The van der Waals surface area contributed by atoms with Crippen LogP contribution in [-0.2, 0) is 6.54 Å². The fourth-order valence-corrected chi connectivity index (χ4v) is 3.22. The van der Waals surface area contributed by atoms with Gasteiger partial charge in [0.05, 0.1) is 14.2 Å². The van der Waals surface area contributed by atoms with Gasteiger partial charge in [-0.25, -0.2) is 9.97 Å². The van der Waals surface area contributed by atoms with E-state index in [1.807, 2.05) is 62.4 Å². The molecule has 1 heterocycles. The van der Waals surface area contributed by atoms with Gasteiger partial charge in [0.25, 0.3) is 0 Å². The number of nitrogens with one attached hydrogen (secondary N) is 1. The van der Waals surface area contributed by atoms with Crippen LogP contribution in [0, 0.1) is 6.92 Å². The Hall–Kier alpha value is -3.25. The maximum absolute atomic E-state index is 6.24. The highest BCUT2D eigenvalue weighted by Crippen LogP contribution is 2.33. The molecule has 0 atom stereocenters. The zero-order valence-corrected chi connectivity index (χ0v) is 18.2. The molecule has 3 aromatic rings. The number of halogens is 1. The summed E-state index contributed by atoms with van der Waals surface area (Å²) in [4.78, 5) is 9.32. The molecule has 0 radical (unpaired) electrons. The number of aryl methyl sites for hydroxylation is 1. The van der Waals surface area contributed by atoms with E-state index in [9.17, 15) is 0 Å². The van der Waals surface area contributed by atoms with E-state index in [1.54, 1.807) is 14.2 Å². The Bertz CT molecular complexity index is 1060. The summed E-state index contributed by atoms with van der Waals surface area (Å²) >= 11 is 5.96. The molecule has 2 aromatic carbocycles. The molecule has 0 bridgehead atoms. The minimum Gasteiger partial charge on any atom is -0.493 e. The van der Waals surface area contributed by atoms with Gasteiger partial charge in [-0.05, 0) is 49.2 Å². The highest BCUT2D eigenvalue weighted by molar-refractivity contribution is 6.30. The van der Waals surface area contributed by atoms with E-state index in [1.165, 1.54) is 0 Å². The monoisotopic (exact) mass is 424 g/mol. The number of aromatic nitrogens is 2. The summed E-state index contributed by atoms with van der Waals surface area (Å²) in [7, 11) is 3.20. The first-order valence-corrected chi connectivity index (χ1v) is 9.82. The molecule has 1 aromatic heterocycles. The number of anilines is 1. The fraction of sp³-hybridized carbons (Fsp3) is 0.217. The Kier molecular flexibility index (Phi) is 6.79. The third-order valence-corrected chi connectivity index (χ3v) is 4.78. The van der Waals surface area contributed by atoms with Gasteiger partial charge in [0.2, 0.25) is 0 Å². The topological polar surface area (TPSA) is 82.3 Å². The quantitative estimate of drug-likeness (QED) is 0.566. The molecule has 0 aliphatic carbocycles. The van der Waals surface area contributed by atoms with Crippen molar-refractivity contribution in [3.63, 3.8) is 0 Å². The average molecular weight is 425 g/mol. The first-order valence-electron chi connectivity index (χ1n) is 9.44. The lowest BCUT2D eigenvalue weighted by Crippen LogP contribution is -2.08. The second-order valence-corrected chi connectivity index (χ2v) is 7.26. The van der Waals surface area contributed by atoms with Crippen molar-refractivity contribution < 1.29 is 9.47 Å². The van der Waals surface area contributed by atoms with Crippen LogP contribution in [0.4, 0.5) is 5.82 Å². The van der Waals surface area contributed by atoms with Crippen LogP contribution in [0.5, 0.6) is 11.5 Å². The molecule has 0 amide bonds. The Balaban J connectivity index is 1.94. The molecule has 156 valence electrons. The van der Waals surface area contributed by atoms with E-state index in [2.05, 4.69) is 10.3 Å². The summed E-state index contributed by atoms with van der Waals surface area (Å²) in [5, 5.41) is 4.06.